The summed E-state index contributed by atoms with van der Waals surface area (Å²) in [5, 5.41) is 17.6. The van der Waals surface area contributed by atoms with Crippen LogP contribution in [0.4, 0.5) is 11.4 Å². The molecule has 3 rings (SSSR count). The van der Waals surface area contributed by atoms with Crippen molar-refractivity contribution in [3.05, 3.63) is 93.5 Å². The Bertz CT molecular complexity index is 1240. The molecule has 174 valence electrons. The van der Waals surface area contributed by atoms with E-state index in [1.165, 1.54) is 38.5 Å². The van der Waals surface area contributed by atoms with E-state index in [0.29, 0.717) is 28.5 Å². The summed E-state index contributed by atoms with van der Waals surface area (Å²) in [4.78, 5) is 34.9. The van der Waals surface area contributed by atoms with Gasteiger partial charge in [-0.25, -0.2) is 5.43 Å². The van der Waals surface area contributed by atoms with Gasteiger partial charge in [0.15, 0.2) is 11.5 Å². The molecule has 0 heterocycles. The average molecular weight is 462 g/mol. The van der Waals surface area contributed by atoms with Crippen LogP contribution < -0.4 is 20.2 Å². The highest BCUT2D eigenvalue weighted by Crippen LogP contribution is 2.28. The van der Waals surface area contributed by atoms with Gasteiger partial charge in [-0.3, -0.25) is 19.7 Å². The predicted octanol–water partition coefficient (Wildman–Crippen LogP) is 4.02. The molecule has 0 aliphatic heterocycles. The summed E-state index contributed by atoms with van der Waals surface area (Å²) in [6.07, 6.45) is 0. The maximum Gasteiger partial charge on any atom is 0.271 e. The third kappa shape index (κ3) is 5.74. The van der Waals surface area contributed by atoms with Crippen LogP contribution in [0.2, 0.25) is 0 Å². The Labute approximate surface area is 195 Å². The molecular formula is C24H22N4O6. The van der Waals surface area contributed by atoms with E-state index in [-0.39, 0.29) is 17.2 Å². The second kappa shape index (κ2) is 10.7. The van der Waals surface area contributed by atoms with Crippen LogP contribution in [0.5, 0.6) is 11.5 Å². The summed E-state index contributed by atoms with van der Waals surface area (Å²) in [7, 11) is 3.02. The minimum absolute atomic E-state index is 0.102. The third-order valence-corrected chi connectivity index (χ3v) is 4.87. The molecule has 0 aliphatic rings. The number of hydrogen-bond acceptors (Lipinski definition) is 7. The van der Waals surface area contributed by atoms with Crippen LogP contribution >= 0.6 is 0 Å². The number of nitrogens with one attached hydrogen (secondary N) is 2. The largest absolute Gasteiger partial charge is 0.493 e. The molecule has 0 aliphatic carbocycles. The number of hydrogen-bond donors (Lipinski definition) is 2. The number of nitrogens with zero attached hydrogens (tertiary/aromatic N) is 2. The fraction of sp³-hybridized carbons (Fsp3) is 0.125. The lowest BCUT2D eigenvalue weighted by Crippen LogP contribution is -2.19. The molecule has 0 radical (unpaired) electrons. The van der Waals surface area contributed by atoms with Crippen LogP contribution in [0.25, 0.3) is 0 Å². The van der Waals surface area contributed by atoms with Crippen molar-refractivity contribution in [2.75, 3.05) is 19.5 Å². The van der Waals surface area contributed by atoms with E-state index in [9.17, 15) is 19.7 Å². The molecule has 10 heteroatoms. The molecule has 0 unspecified atom stereocenters. The molecular weight excluding hydrogens is 440 g/mol. The molecule has 2 amide bonds. The molecule has 2 N–H and O–H groups in total. The highest BCUT2D eigenvalue weighted by molar-refractivity contribution is 6.05. The van der Waals surface area contributed by atoms with Crippen molar-refractivity contribution in [1.82, 2.24) is 5.43 Å². The number of non-ortho nitro benzene ring substituents is 1. The molecule has 0 bridgehead atoms. The SMILES string of the molecule is COc1ccc(C(=O)Nc2ccc(C(C)=NNC(=O)c3ccc([N+](=O)[O-])cc3)cc2)cc1OC. The summed E-state index contributed by atoms with van der Waals surface area (Å²) < 4.78 is 10.4. The number of nitro benzene ring substituents is 1. The van der Waals surface area contributed by atoms with Crippen molar-refractivity contribution in [2.24, 2.45) is 5.10 Å². The minimum atomic E-state index is -0.538. The fourth-order valence-corrected chi connectivity index (χ4v) is 2.97. The molecule has 10 nitrogen and oxygen atoms in total. The van der Waals surface area contributed by atoms with E-state index in [1.807, 2.05) is 0 Å². The Morgan fingerprint density at radius 1 is 0.824 bits per heavy atom. The molecule has 0 spiro atoms. The first-order chi connectivity index (χ1) is 16.3. The molecule has 0 aromatic heterocycles. The van der Waals surface area contributed by atoms with Gasteiger partial charge in [-0.15, -0.1) is 0 Å². The summed E-state index contributed by atoms with van der Waals surface area (Å²) in [5.74, 6) is 0.175. The maximum atomic E-state index is 12.6. The molecule has 34 heavy (non-hydrogen) atoms. The summed E-state index contributed by atoms with van der Waals surface area (Å²) in [6, 6.07) is 17.0. The van der Waals surface area contributed by atoms with E-state index in [2.05, 4.69) is 15.8 Å². The second-order valence-corrected chi connectivity index (χ2v) is 7.04. The lowest BCUT2D eigenvalue weighted by atomic mass is 10.1. The van der Waals surface area contributed by atoms with Crippen LogP contribution in [-0.4, -0.2) is 36.7 Å². The lowest BCUT2D eigenvalue weighted by Gasteiger charge is -2.10. The number of anilines is 1. The van der Waals surface area contributed by atoms with Gasteiger partial charge in [-0.2, -0.15) is 5.10 Å². The van der Waals surface area contributed by atoms with Crippen molar-refractivity contribution in [3.8, 4) is 11.5 Å². The Kier molecular flexibility index (Phi) is 7.55. The summed E-state index contributed by atoms with van der Waals surface area (Å²) in [6.45, 7) is 1.72. The average Bonchev–Trinajstić information content (AvgIpc) is 2.87. The van der Waals surface area contributed by atoms with E-state index in [1.54, 1.807) is 49.4 Å². The molecule has 0 atom stereocenters. The normalized spacial score (nSPS) is 10.9. The second-order valence-electron chi connectivity index (χ2n) is 7.04. The molecule has 3 aromatic rings. The number of amides is 2. The summed E-state index contributed by atoms with van der Waals surface area (Å²) in [5.41, 5.74) is 4.82. The van der Waals surface area contributed by atoms with Crippen molar-refractivity contribution >= 4 is 28.9 Å². The van der Waals surface area contributed by atoms with Crippen molar-refractivity contribution < 1.29 is 24.0 Å². The van der Waals surface area contributed by atoms with E-state index >= 15 is 0 Å². The Balaban J connectivity index is 1.63. The minimum Gasteiger partial charge on any atom is -0.493 e. The van der Waals surface area contributed by atoms with Gasteiger partial charge in [0, 0.05) is 28.9 Å². The predicted molar refractivity (Wildman–Crippen MR) is 127 cm³/mol. The first-order valence-corrected chi connectivity index (χ1v) is 10.0. The summed E-state index contributed by atoms with van der Waals surface area (Å²) >= 11 is 0. The van der Waals surface area contributed by atoms with Gasteiger partial charge in [0.1, 0.15) is 0 Å². The molecule has 0 fully saturated rings. The number of hydrazone groups is 1. The molecule has 0 saturated carbocycles. The number of nitro groups is 1. The van der Waals surface area contributed by atoms with Crippen LogP contribution in [0, 0.1) is 10.1 Å². The molecule has 0 saturated heterocycles. The van der Waals surface area contributed by atoms with Crippen LogP contribution in [0.1, 0.15) is 33.2 Å². The smallest absolute Gasteiger partial charge is 0.271 e. The standard InChI is InChI=1S/C24H22N4O6/c1-15(26-27-24(30)17-6-11-20(12-7-17)28(31)32)16-4-9-19(10-5-16)25-23(29)18-8-13-21(33-2)22(14-18)34-3/h4-14H,1-3H3,(H,25,29)(H,27,30). The van der Waals surface area contributed by atoms with Gasteiger partial charge >= 0.3 is 0 Å². The van der Waals surface area contributed by atoms with Gasteiger partial charge in [-0.1, -0.05) is 12.1 Å². The number of rotatable bonds is 8. The number of methoxy groups -OCH3 is 2. The van der Waals surface area contributed by atoms with Crippen LogP contribution in [0.3, 0.4) is 0 Å². The number of carbonyl (C=O) groups is 2. The van der Waals surface area contributed by atoms with Gasteiger partial charge in [0.05, 0.1) is 24.9 Å². The number of ether oxygens (including phenoxy) is 2. The first kappa shape index (κ1) is 23.9. The lowest BCUT2D eigenvalue weighted by molar-refractivity contribution is -0.384. The molecule has 3 aromatic carbocycles. The topological polar surface area (TPSA) is 132 Å². The van der Waals surface area contributed by atoms with Gasteiger partial charge in [0.25, 0.3) is 17.5 Å². The number of carbonyl (C=O) groups excluding carboxylic acids is 2. The number of benzene rings is 3. The van der Waals surface area contributed by atoms with E-state index < -0.39 is 10.8 Å². The Hall–Kier alpha value is -4.73. The van der Waals surface area contributed by atoms with Crippen molar-refractivity contribution in [2.45, 2.75) is 6.92 Å². The Morgan fingerprint density at radius 3 is 2.00 bits per heavy atom. The zero-order valence-corrected chi connectivity index (χ0v) is 18.7. The fourth-order valence-electron chi connectivity index (χ4n) is 2.97. The van der Waals surface area contributed by atoms with Gasteiger partial charge in [0.2, 0.25) is 0 Å². The van der Waals surface area contributed by atoms with Gasteiger partial charge < -0.3 is 14.8 Å². The maximum absolute atomic E-state index is 12.6. The Morgan fingerprint density at radius 2 is 1.41 bits per heavy atom. The monoisotopic (exact) mass is 462 g/mol. The van der Waals surface area contributed by atoms with Crippen molar-refractivity contribution in [3.63, 3.8) is 0 Å². The van der Waals surface area contributed by atoms with Crippen LogP contribution in [0.15, 0.2) is 71.8 Å². The third-order valence-electron chi connectivity index (χ3n) is 4.87. The van der Waals surface area contributed by atoms with E-state index in [0.717, 1.165) is 5.56 Å². The highest BCUT2D eigenvalue weighted by Gasteiger charge is 2.12. The van der Waals surface area contributed by atoms with Gasteiger partial charge in [-0.05, 0) is 55.0 Å². The quantitative estimate of drug-likeness (QED) is 0.295. The first-order valence-electron chi connectivity index (χ1n) is 10.0. The zero-order valence-electron chi connectivity index (χ0n) is 18.7. The van der Waals surface area contributed by atoms with Crippen LogP contribution in [-0.2, 0) is 0 Å². The van der Waals surface area contributed by atoms with Crippen molar-refractivity contribution in [1.29, 1.82) is 0 Å². The zero-order chi connectivity index (χ0) is 24.7. The highest BCUT2D eigenvalue weighted by atomic mass is 16.6. The van der Waals surface area contributed by atoms with E-state index in [4.69, 9.17) is 9.47 Å².